The molecule has 0 bridgehead atoms. The molecule has 2 heteroatoms. The lowest BCUT2D eigenvalue weighted by atomic mass is 10.1. The molecular weight excluding hydrogens is 222 g/mol. The molecule has 2 rings (SSSR count). The number of hydrogen-bond donors (Lipinski definition) is 1. The van der Waals surface area contributed by atoms with E-state index in [-0.39, 0.29) is 0 Å². The fraction of sp³-hybridized carbons (Fsp3) is 0.250. The third kappa shape index (κ3) is 3.34. The van der Waals surface area contributed by atoms with Crippen LogP contribution in [0.5, 0.6) is 5.75 Å². The molecule has 0 saturated carbocycles. The lowest BCUT2D eigenvalue weighted by molar-refractivity contribution is 0.305. The van der Waals surface area contributed by atoms with E-state index in [1.807, 2.05) is 30.3 Å². The van der Waals surface area contributed by atoms with Crippen LogP contribution in [0.25, 0.3) is 0 Å². The van der Waals surface area contributed by atoms with Crippen LogP contribution < -0.4 is 10.5 Å². The molecule has 0 amide bonds. The number of aryl methyl sites for hydroxylation is 1. The van der Waals surface area contributed by atoms with Crippen LogP contribution in [0.1, 0.15) is 16.7 Å². The highest BCUT2D eigenvalue weighted by Gasteiger charge is 2.02. The Morgan fingerprint density at radius 1 is 1.00 bits per heavy atom. The molecule has 0 unspecified atom stereocenters. The maximum Gasteiger partial charge on any atom is 0.120 e. The summed E-state index contributed by atoms with van der Waals surface area (Å²) in [5.41, 5.74) is 9.31. The largest absolute Gasteiger partial charge is 0.489 e. The third-order valence-corrected chi connectivity index (χ3v) is 2.92. The Hall–Kier alpha value is -1.80. The Morgan fingerprint density at radius 3 is 2.50 bits per heavy atom. The van der Waals surface area contributed by atoms with Crippen molar-refractivity contribution in [1.82, 2.24) is 0 Å². The molecule has 0 aliphatic rings. The Kier molecular flexibility index (Phi) is 4.37. The molecule has 2 N–H and O–H groups in total. The second-order valence-corrected chi connectivity index (χ2v) is 4.41. The van der Waals surface area contributed by atoms with Crippen molar-refractivity contribution in [2.45, 2.75) is 20.0 Å². The predicted octanol–water partition coefficient (Wildman–Crippen LogP) is 3.08. The Labute approximate surface area is 108 Å². The molecule has 0 heterocycles. The summed E-state index contributed by atoms with van der Waals surface area (Å²) in [6.45, 7) is 3.33. The maximum atomic E-state index is 5.82. The van der Waals surface area contributed by atoms with E-state index in [1.54, 1.807) is 0 Å². The van der Waals surface area contributed by atoms with Gasteiger partial charge < -0.3 is 10.5 Å². The number of ether oxygens (including phenoxy) is 1. The summed E-state index contributed by atoms with van der Waals surface area (Å²) in [5.74, 6) is 0.914. The molecule has 0 spiro atoms. The van der Waals surface area contributed by atoms with Gasteiger partial charge in [-0.1, -0.05) is 36.4 Å². The Balaban J connectivity index is 2.06. The van der Waals surface area contributed by atoms with Crippen LogP contribution in [-0.4, -0.2) is 6.54 Å². The molecule has 0 aromatic heterocycles. The maximum absolute atomic E-state index is 5.82. The molecule has 2 nitrogen and oxygen atoms in total. The summed E-state index contributed by atoms with van der Waals surface area (Å²) in [6.07, 6.45) is 0.896. The molecule has 94 valence electrons. The van der Waals surface area contributed by atoms with E-state index in [0.29, 0.717) is 13.2 Å². The highest BCUT2D eigenvalue weighted by atomic mass is 16.5. The minimum Gasteiger partial charge on any atom is -0.489 e. The summed E-state index contributed by atoms with van der Waals surface area (Å²) in [4.78, 5) is 0. The lowest BCUT2D eigenvalue weighted by Crippen LogP contribution is -2.07. The number of nitrogens with two attached hydrogens (primary N) is 1. The SMILES string of the molecule is Cc1cccc(OCc2ccccc2CCN)c1. The third-order valence-electron chi connectivity index (χ3n) is 2.92. The lowest BCUT2D eigenvalue weighted by Gasteiger charge is -2.10. The van der Waals surface area contributed by atoms with Gasteiger partial charge in [-0.15, -0.1) is 0 Å². The van der Waals surface area contributed by atoms with Gasteiger partial charge in [0.25, 0.3) is 0 Å². The molecule has 0 saturated heterocycles. The average molecular weight is 241 g/mol. The van der Waals surface area contributed by atoms with Gasteiger partial charge in [0.05, 0.1) is 0 Å². The zero-order chi connectivity index (χ0) is 12.8. The highest BCUT2D eigenvalue weighted by molar-refractivity contribution is 5.30. The second-order valence-electron chi connectivity index (χ2n) is 4.41. The van der Waals surface area contributed by atoms with Gasteiger partial charge in [-0.3, -0.25) is 0 Å². The Morgan fingerprint density at radius 2 is 1.78 bits per heavy atom. The van der Waals surface area contributed by atoms with Gasteiger partial charge in [0.15, 0.2) is 0 Å². The summed E-state index contributed by atoms with van der Waals surface area (Å²) in [5, 5.41) is 0. The van der Waals surface area contributed by atoms with Crippen molar-refractivity contribution in [3.63, 3.8) is 0 Å². The second kappa shape index (κ2) is 6.22. The van der Waals surface area contributed by atoms with Crippen molar-refractivity contribution in [3.8, 4) is 5.75 Å². The highest BCUT2D eigenvalue weighted by Crippen LogP contribution is 2.16. The molecule has 0 aliphatic carbocycles. The van der Waals surface area contributed by atoms with Crippen LogP contribution in [0, 0.1) is 6.92 Å². The zero-order valence-electron chi connectivity index (χ0n) is 10.7. The van der Waals surface area contributed by atoms with E-state index in [9.17, 15) is 0 Å². The number of hydrogen-bond acceptors (Lipinski definition) is 2. The monoisotopic (exact) mass is 241 g/mol. The number of rotatable bonds is 5. The first-order chi connectivity index (χ1) is 8.79. The Bertz CT molecular complexity index is 508. The molecule has 0 atom stereocenters. The van der Waals surface area contributed by atoms with Gasteiger partial charge in [-0.05, 0) is 48.7 Å². The van der Waals surface area contributed by atoms with Gasteiger partial charge in [-0.2, -0.15) is 0 Å². The van der Waals surface area contributed by atoms with E-state index >= 15 is 0 Å². The smallest absolute Gasteiger partial charge is 0.120 e. The first kappa shape index (κ1) is 12.7. The quantitative estimate of drug-likeness (QED) is 0.873. The number of benzene rings is 2. The van der Waals surface area contributed by atoms with Crippen molar-refractivity contribution < 1.29 is 4.74 Å². The van der Waals surface area contributed by atoms with E-state index in [4.69, 9.17) is 10.5 Å². The normalized spacial score (nSPS) is 10.3. The predicted molar refractivity (Wildman–Crippen MR) is 74.7 cm³/mol. The molecule has 0 aliphatic heterocycles. The molecule has 2 aromatic rings. The van der Waals surface area contributed by atoms with E-state index < -0.39 is 0 Å². The fourth-order valence-corrected chi connectivity index (χ4v) is 1.96. The molecule has 0 fully saturated rings. The summed E-state index contributed by atoms with van der Waals surface area (Å²) in [6, 6.07) is 16.4. The van der Waals surface area contributed by atoms with Crippen LogP contribution in [-0.2, 0) is 13.0 Å². The fourth-order valence-electron chi connectivity index (χ4n) is 1.96. The van der Waals surface area contributed by atoms with Crippen LogP contribution in [0.2, 0.25) is 0 Å². The standard InChI is InChI=1S/C16H19NO/c1-13-5-4-8-16(11-13)18-12-15-7-3-2-6-14(15)9-10-17/h2-8,11H,9-10,12,17H2,1H3. The molecule has 0 radical (unpaired) electrons. The van der Waals surface area contributed by atoms with Crippen molar-refractivity contribution >= 4 is 0 Å². The summed E-state index contributed by atoms with van der Waals surface area (Å²) >= 11 is 0. The molecule has 2 aromatic carbocycles. The van der Waals surface area contributed by atoms with E-state index in [2.05, 4.69) is 25.1 Å². The molecular formula is C16H19NO. The van der Waals surface area contributed by atoms with Crippen LogP contribution >= 0.6 is 0 Å². The van der Waals surface area contributed by atoms with Gasteiger partial charge in [0.1, 0.15) is 12.4 Å². The summed E-state index contributed by atoms with van der Waals surface area (Å²) in [7, 11) is 0. The zero-order valence-corrected chi connectivity index (χ0v) is 10.7. The van der Waals surface area contributed by atoms with E-state index in [0.717, 1.165) is 12.2 Å². The van der Waals surface area contributed by atoms with Crippen LogP contribution in [0.3, 0.4) is 0 Å². The van der Waals surface area contributed by atoms with Crippen molar-refractivity contribution in [1.29, 1.82) is 0 Å². The first-order valence-electron chi connectivity index (χ1n) is 6.26. The van der Waals surface area contributed by atoms with Gasteiger partial charge >= 0.3 is 0 Å². The minimum absolute atomic E-state index is 0.597. The van der Waals surface area contributed by atoms with Crippen LogP contribution in [0.15, 0.2) is 48.5 Å². The van der Waals surface area contributed by atoms with Crippen molar-refractivity contribution in [3.05, 3.63) is 65.2 Å². The topological polar surface area (TPSA) is 35.2 Å². The van der Waals surface area contributed by atoms with Crippen LogP contribution in [0.4, 0.5) is 0 Å². The van der Waals surface area contributed by atoms with E-state index in [1.165, 1.54) is 16.7 Å². The van der Waals surface area contributed by atoms with Gasteiger partial charge in [-0.25, -0.2) is 0 Å². The van der Waals surface area contributed by atoms with Crippen molar-refractivity contribution in [2.75, 3.05) is 6.54 Å². The van der Waals surface area contributed by atoms with Gasteiger partial charge in [0.2, 0.25) is 0 Å². The minimum atomic E-state index is 0.597. The molecule has 18 heavy (non-hydrogen) atoms. The summed E-state index contributed by atoms with van der Waals surface area (Å²) < 4.78 is 5.82. The average Bonchev–Trinajstić information content (AvgIpc) is 2.38. The van der Waals surface area contributed by atoms with Crippen molar-refractivity contribution in [2.24, 2.45) is 5.73 Å². The first-order valence-corrected chi connectivity index (χ1v) is 6.26. The van der Waals surface area contributed by atoms with Gasteiger partial charge in [0, 0.05) is 0 Å².